The van der Waals surface area contributed by atoms with E-state index in [2.05, 4.69) is 6.92 Å². The monoisotopic (exact) mass is 421 g/mol. The van der Waals surface area contributed by atoms with Crippen molar-refractivity contribution in [2.24, 2.45) is 5.92 Å². The van der Waals surface area contributed by atoms with Crippen molar-refractivity contribution in [2.45, 2.75) is 52.0 Å². The van der Waals surface area contributed by atoms with E-state index in [4.69, 9.17) is 4.98 Å². The smallest absolute Gasteiger partial charge is 0.266 e. The molecule has 0 N–H and O–H groups in total. The van der Waals surface area contributed by atoms with Crippen molar-refractivity contribution < 1.29 is 9.18 Å². The van der Waals surface area contributed by atoms with E-state index < -0.39 is 0 Å². The fourth-order valence-corrected chi connectivity index (χ4v) is 4.07. The maximum absolute atomic E-state index is 13.6. The maximum atomic E-state index is 13.6. The highest BCUT2D eigenvalue weighted by Gasteiger charge is 2.37. The third kappa shape index (κ3) is 4.24. The van der Waals surface area contributed by atoms with Crippen LogP contribution in [0.5, 0.6) is 0 Å². The Morgan fingerprint density at radius 3 is 2.52 bits per heavy atom. The van der Waals surface area contributed by atoms with E-state index in [9.17, 15) is 14.0 Å². The number of aromatic nitrogens is 2. The van der Waals surface area contributed by atoms with Crippen LogP contribution in [-0.4, -0.2) is 26.9 Å². The molecule has 3 aromatic rings. The number of unbranched alkanes of at least 4 members (excludes halogenated alkanes) is 1. The highest BCUT2D eigenvalue weighted by Crippen LogP contribution is 2.35. The Hall–Kier alpha value is -3.02. The second-order valence-electron chi connectivity index (χ2n) is 8.19. The molecule has 31 heavy (non-hydrogen) atoms. The van der Waals surface area contributed by atoms with Gasteiger partial charge in [0.15, 0.2) is 0 Å². The van der Waals surface area contributed by atoms with Crippen LogP contribution < -0.4 is 5.56 Å². The van der Waals surface area contributed by atoms with Crippen molar-refractivity contribution in [3.05, 3.63) is 70.5 Å². The summed E-state index contributed by atoms with van der Waals surface area (Å²) >= 11 is 0. The molecule has 5 nitrogen and oxygen atoms in total. The minimum atomic E-state index is -0.368. The summed E-state index contributed by atoms with van der Waals surface area (Å²) in [6, 6.07) is 12.7. The largest absolute Gasteiger partial charge is 0.332 e. The molecule has 1 aliphatic carbocycles. The first-order valence-electron chi connectivity index (χ1n) is 11.1. The minimum Gasteiger partial charge on any atom is -0.332 e. The van der Waals surface area contributed by atoms with Crippen molar-refractivity contribution >= 4 is 16.8 Å². The third-order valence-corrected chi connectivity index (χ3v) is 5.91. The standard InChI is InChI=1S/C25H28FN3O2/c1-3-5-16-28(24(30)17-10-11-17)22(4-2)23-27-21-9-7-6-8-20(21)25(31)29(23)19-14-12-18(26)13-15-19/h6-9,12-15,17,22H,3-5,10-11,16H2,1-2H3. The van der Waals surface area contributed by atoms with Gasteiger partial charge >= 0.3 is 0 Å². The third-order valence-electron chi connectivity index (χ3n) is 5.91. The molecule has 1 saturated carbocycles. The number of amides is 1. The lowest BCUT2D eigenvalue weighted by Crippen LogP contribution is -2.40. The van der Waals surface area contributed by atoms with E-state index in [1.165, 1.54) is 12.1 Å². The average molecular weight is 422 g/mol. The summed E-state index contributed by atoms with van der Waals surface area (Å²) in [5, 5.41) is 0.499. The molecule has 6 heteroatoms. The second-order valence-corrected chi connectivity index (χ2v) is 8.19. The molecule has 0 spiro atoms. The lowest BCUT2D eigenvalue weighted by atomic mass is 10.1. The number of hydrogen-bond donors (Lipinski definition) is 0. The van der Waals surface area contributed by atoms with Crippen LogP contribution in [0.1, 0.15) is 57.8 Å². The van der Waals surface area contributed by atoms with Crippen molar-refractivity contribution in [3.63, 3.8) is 0 Å². The van der Waals surface area contributed by atoms with E-state index in [-0.39, 0.29) is 29.2 Å². The number of halogens is 1. The van der Waals surface area contributed by atoms with Gasteiger partial charge in [0.25, 0.3) is 5.56 Å². The number of nitrogens with zero attached hydrogens (tertiary/aromatic N) is 3. The number of rotatable bonds is 8. The molecular weight excluding hydrogens is 393 g/mol. The Morgan fingerprint density at radius 2 is 1.87 bits per heavy atom. The first-order chi connectivity index (χ1) is 15.0. The maximum Gasteiger partial charge on any atom is 0.266 e. The lowest BCUT2D eigenvalue weighted by Gasteiger charge is -2.32. The van der Waals surface area contributed by atoms with Crippen LogP contribution >= 0.6 is 0 Å². The first kappa shape index (κ1) is 21.2. The van der Waals surface area contributed by atoms with Crippen LogP contribution in [0.2, 0.25) is 0 Å². The molecule has 4 rings (SSSR count). The summed E-state index contributed by atoms with van der Waals surface area (Å²) in [7, 11) is 0. The van der Waals surface area contributed by atoms with Gasteiger partial charge in [-0.1, -0.05) is 32.4 Å². The molecule has 0 radical (unpaired) electrons. The number of para-hydroxylation sites is 1. The number of fused-ring (bicyclic) bond motifs is 1. The molecule has 1 aliphatic rings. The zero-order chi connectivity index (χ0) is 22.0. The molecule has 0 saturated heterocycles. The van der Waals surface area contributed by atoms with Gasteiger partial charge in [0.2, 0.25) is 5.91 Å². The Bertz CT molecular complexity index is 1140. The number of hydrogen-bond acceptors (Lipinski definition) is 3. The number of carbonyl (C=O) groups excluding carboxylic acids is 1. The van der Waals surface area contributed by atoms with E-state index in [0.717, 1.165) is 25.7 Å². The van der Waals surface area contributed by atoms with Crippen molar-refractivity contribution in [1.29, 1.82) is 0 Å². The number of carbonyl (C=O) groups is 1. The normalized spacial score (nSPS) is 14.5. The van der Waals surface area contributed by atoms with Crippen LogP contribution in [-0.2, 0) is 4.79 Å². The van der Waals surface area contributed by atoms with Gasteiger partial charge in [0.05, 0.1) is 22.6 Å². The van der Waals surface area contributed by atoms with Crippen molar-refractivity contribution in [3.8, 4) is 5.69 Å². The van der Waals surface area contributed by atoms with Crippen LogP contribution in [0.15, 0.2) is 53.3 Å². The van der Waals surface area contributed by atoms with E-state index in [1.54, 1.807) is 22.8 Å². The van der Waals surface area contributed by atoms with Crippen LogP contribution in [0.4, 0.5) is 4.39 Å². The SMILES string of the molecule is CCCCN(C(=O)C1CC1)C(CC)c1nc2ccccc2c(=O)n1-c1ccc(F)cc1. The summed E-state index contributed by atoms with van der Waals surface area (Å²) in [5.41, 5.74) is 0.945. The van der Waals surface area contributed by atoms with Crippen LogP contribution in [0, 0.1) is 11.7 Å². The molecule has 1 aromatic heterocycles. The molecule has 2 aromatic carbocycles. The van der Waals surface area contributed by atoms with Gasteiger partial charge in [0.1, 0.15) is 11.6 Å². The summed E-state index contributed by atoms with van der Waals surface area (Å²) < 4.78 is 15.1. The van der Waals surface area contributed by atoms with Crippen LogP contribution in [0.3, 0.4) is 0 Å². The predicted octanol–water partition coefficient (Wildman–Crippen LogP) is 5.01. The first-order valence-corrected chi connectivity index (χ1v) is 11.1. The van der Waals surface area contributed by atoms with Crippen LogP contribution in [0.25, 0.3) is 16.6 Å². The molecule has 1 heterocycles. The predicted molar refractivity (Wildman–Crippen MR) is 120 cm³/mol. The topological polar surface area (TPSA) is 55.2 Å². The number of benzene rings is 2. The molecule has 1 atom stereocenters. The minimum absolute atomic E-state index is 0.0809. The van der Waals surface area contributed by atoms with Gasteiger partial charge < -0.3 is 4.90 Å². The molecule has 1 fully saturated rings. The highest BCUT2D eigenvalue weighted by atomic mass is 19.1. The zero-order valence-corrected chi connectivity index (χ0v) is 18.1. The summed E-state index contributed by atoms with van der Waals surface area (Å²) in [5.74, 6) is 0.390. The van der Waals surface area contributed by atoms with Gasteiger partial charge in [-0.15, -0.1) is 0 Å². The molecule has 1 unspecified atom stereocenters. The molecule has 1 amide bonds. The van der Waals surface area contributed by atoms with Gasteiger partial charge in [0, 0.05) is 12.5 Å². The van der Waals surface area contributed by atoms with E-state index in [0.29, 0.717) is 35.4 Å². The Labute approximate surface area is 181 Å². The van der Waals surface area contributed by atoms with Crippen molar-refractivity contribution in [2.75, 3.05) is 6.54 Å². The fourth-order valence-electron chi connectivity index (χ4n) is 4.07. The van der Waals surface area contributed by atoms with Gasteiger partial charge in [-0.25, -0.2) is 9.37 Å². The molecular formula is C25H28FN3O2. The quantitative estimate of drug-likeness (QED) is 0.513. The van der Waals surface area contributed by atoms with Gasteiger partial charge in [-0.2, -0.15) is 0 Å². The zero-order valence-electron chi connectivity index (χ0n) is 18.1. The molecule has 162 valence electrons. The summed E-state index contributed by atoms with van der Waals surface area (Å²) in [4.78, 5) is 33.5. The fraction of sp³-hybridized carbons (Fsp3) is 0.400. The molecule has 0 bridgehead atoms. The highest BCUT2D eigenvalue weighted by molar-refractivity contribution is 5.82. The Kier molecular flexibility index (Phi) is 6.16. The lowest BCUT2D eigenvalue weighted by molar-refractivity contribution is -0.135. The van der Waals surface area contributed by atoms with E-state index in [1.807, 2.05) is 30.0 Å². The Balaban J connectivity index is 1.92. The summed E-state index contributed by atoms with van der Waals surface area (Å²) in [6.45, 7) is 4.75. The molecule has 0 aliphatic heterocycles. The second kappa shape index (κ2) is 9.00. The average Bonchev–Trinajstić information content (AvgIpc) is 3.63. The van der Waals surface area contributed by atoms with Gasteiger partial charge in [-0.05, 0) is 62.1 Å². The Morgan fingerprint density at radius 1 is 1.16 bits per heavy atom. The van der Waals surface area contributed by atoms with Gasteiger partial charge in [-0.3, -0.25) is 14.2 Å². The summed E-state index contributed by atoms with van der Waals surface area (Å²) in [6.07, 6.45) is 4.35. The van der Waals surface area contributed by atoms with E-state index >= 15 is 0 Å². The van der Waals surface area contributed by atoms with Crippen molar-refractivity contribution in [1.82, 2.24) is 14.5 Å².